The molecule has 0 spiro atoms. The molecular formula is C11H22N2O. The van der Waals surface area contributed by atoms with Gasteiger partial charge in [-0.25, -0.2) is 0 Å². The molecule has 1 aliphatic rings. The lowest BCUT2D eigenvalue weighted by molar-refractivity contribution is -0.145. The number of carbonyl (C=O) groups is 1. The van der Waals surface area contributed by atoms with Gasteiger partial charge in [-0.3, -0.25) is 4.79 Å². The first kappa shape index (κ1) is 11.5. The van der Waals surface area contributed by atoms with Crippen LogP contribution in [0.2, 0.25) is 0 Å². The Morgan fingerprint density at radius 3 is 2.14 bits per heavy atom. The first-order chi connectivity index (χ1) is 6.15. The second-order valence-electron chi connectivity index (χ2n) is 5.96. The van der Waals surface area contributed by atoms with Crippen LogP contribution in [0.15, 0.2) is 0 Å². The molecule has 1 heterocycles. The van der Waals surface area contributed by atoms with Gasteiger partial charge in [-0.15, -0.1) is 0 Å². The third-order valence-electron chi connectivity index (χ3n) is 3.66. The van der Waals surface area contributed by atoms with Crippen LogP contribution >= 0.6 is 0 Å². The molecule has 0 aliphatic carbocycles. The van der Waals surface area contributed by atoms with E-state index in [0.717, 1.165) is 13.1 Å². The molecule has 0 aromatic carbocycles. The molecular weight excluding hydrogens is 176 g/mol. The molecule has 14 heavy (non-hydrogen) atoms. The minimum Gasteiger partial charge on any atom is -0.339 e. The number of carbonyl (C=O) groups excluding carboxylic acids is 1. The number of nitrogens with zero attached hydrogens (tertiary/aromatic N) is 1. The van der Waals surface area contributed by atoms with Crippen LogP contribution in [0.1, 0.15) is 34.6 Å². The van der Waals surface area contributed by atoms with Crippen molar-refractivity contribution in [3.8, 4) is 0 Å². The van der Waals surface area contributed by atoms with E-state index in [1.165, 1.54) is 0 Å². The number of hydrogen-bond acceptors (Lipinski definition) is 2. The van der Waals surface area contributed by atoms with E-state index in [-0.39, 0.29) is 22.8 Å². The van der Waals surface area contributed by atoms with E-state index in [4.69, 9.17) is 5.73 Å². The minimum atomic E-state index is -0.245. The fraction of sp³-hybridized carbons (Fsp3) is 0.909. The van der Waals surface area contributed by atoms with Crippen LogP contribution < -0.4 is 5.73 Å². The fourth-order valence-electron chi connectivity index (χ4n) is 1.38. The van der Waals surface area contributed by atoms with E-state index in [1.54, 1.807) is 0 Å². The molecule has 1 unspecified atom stereocenters. The van der Waals surface area contributed by atoms with Crippen molar-refractivity contribution in [3.63, 3.8) is 0 Å². The maximum atomic E-state index is 11.4. The van der Waals surface area contributed by atoms with Crippen LogP contribution in [-0.2, 0) is 4.79 Å². The average Bonchev–Trinajstić information content (AvgIpc) is 2.01. The molecule has 1 fully saturated rings. The molecule has 1 aliphatic heterocycles. The highest BCUT2D eigenvalue weighted by Gasteiger charge is 2.41. The third-order valence-corrected chi connectivity index (χ3v) is 3.66. The summed E-state index contributed by atoms with van der Waals surface area (Å²) in [5, 5.41) is 0. The van der Waals surface area contributed by atoms with Crippen molar-refractivity contribution in [2.24, 2.45) is 16.6 Å². The summed E-state index contributed by atoms with van der Waals surface area (Å²) in [6, 6.07) is -0.245. The van der Waals surface area contributed by atoms with Crippen molar-refractivity contribution in [3.05, 3.63) is 0 Å². The van der Waals surface area contributed by atoms with Crippen LogP contribution in [0, 0.1) is 10.8 Å². The summed E-state index contributed by atoms with van der Waals surface area (Å²) in [4.78, 5) is 13.2. The normalized spacial score (nSPS) is 23.7. The highest BCUT2D eigenvalue weighted by Crippen LogP contribution is 2.39. The zero-order chi connectivity index (χ0) is 11.1. The molecule has 0 aromatic rings. The SMILES string of the molecule is CC(C)(C)C(C)(C)CN1CC(N)C1=O. The van der Waals surface area contributed by atoms with Gasteiger partial charge in [-0.05, 0) is 10.8 Å². The van der Waals surface area contributed by atoms with Crippen molar-refractivity contribution < 1.29 is 4.79 Å². The van der Waals surface area contributed by atoms with Crippen LogP contribution in [0.4, 0.5) is 0 Å². The van der Waals surface area contributed by atoms with E-state index >= 15 is 0 Å². The fourth-order valence-corrected chi connectivity index (χ4v) is 1.38. The van der Waals surface area contributed by atoms with Crippen molar-refractivity contribution in [1.29, 1.82) is 0 Å². The zero-order valence-electron chi connectivity index (χ0n) is 9.92. The number of rotatable bonds is 2. The van der Waals surface area contributed by atoms with Crippen LogP contribution in [-0.4, -0.2) is 29.9 Å². The van der Waals surface area contributed by atoms with Gasteiger partial charge in [0.1, 0.15) is 6.04 Å². The molecule has 1 amide bonds. The summed E-state index contributed by atoms with van der Waals surface area (Å²) in [5.41, 5.74) is 5.88. The summed E-state index contributed by atoms with van der Waals surface area (Å²) in [6.07, 6.45) is 0. The maximum Gasteiger partial charge on any atom is 0.241 e. The quantitative estimate of drug-likeness (QED) is 0.678. The number of nitrogens with two attached hydrogens (primary N) is 1. The minimum absolute atomic E-state index is 0.0994. The van der Waals surface area contributed by atoms with Gasteiger partial charge in [-0.1, -0.05) is 34.6 Å². The number of hydrogen-bond donors (Lipinski definition) is 1. The van der Waals surface area contributed by atoms with Gasteiger partial charge in [0, 0.05) is 13.1 Å². The second kappa shape index (κ2) is 3.23. The van der Waals surface area contributed by atoms with Gasteiger partial charge in [0.2, 0.25) is 5.91 Å². The Kier molecular flexibility index (Phi) is 2.65. The summed E-state index contributed by atoms with van der Waals surface area (Å²) in [6.45, 7) is 12.5. The molecule has 1 rings (SSSR count). The molecule has 1 saturated heterocycles. The van der Waals surface area contributed by atoms with Gasteiger partial charge < -0.3 is 10.6 Å². The summed E-state index contributed by atoms with van der Waals surface area (Å²) >= 11 is 0. The van der Waals surface area contributed by atoms with Crippen molar-refractivity contribution in [2.75, 3.05) is 13.1 Å². The first-order valence-corrected chi connectivity index (χ1v) is 5.19. The monoisotopic (exact) mass is 198 g/mol. The lowest BCUT2D eigenvalue weighted by Gasteiger charge is -2.46. The molecule has 3 nitrogen and oxygen atoms in total. The highest BCUT2D eigenvalue weighted by molar-refractivity contribution is 5.87. The lowest BCUT2D eigenvalue weighted by Crippen LogP contribution is -2.63. The maximum absolute atomic E-state index is 11.4. The Morgan fingerprint density at radius 2 is 1.86 bits per heavy atom. The number of β-lactam (4-membered cyclic amide) rings is 1. The molecule has 0 saturated carbocycles. The van der Waals surface area contributed by atoms with Crippen LogP contribution in [0.5, 0.6) is 0 Å². The second-order valence-corrected chi connectivity index (χ2v) is 5.96. The Bertz CT molecular complexity index is 240. The Labute approximate surface area is 86.6 Å². The van der Waals surface area contributed by atoms with Crippen molar-refractivity contribution in [1.82, 2.24) is 4.90 Å². The van der Waals surface area contributed by atoms with Gasteiger partial charge in [0.15, 0.2) is 0 Å². The molecule has 0 bridgehead atoms. The molecule has 0 aromatic heterocycles. The van der Waals surface area contributed by atoms with Gasteiger partial charge >= 0.3 is 0 Å². The van der Waals surface area contributed by atoms with Crippen molar-refractivity contribution in [2.45, 2.75) is 40.7 Å². The molecule has 82 valence electrons. The van der Waals surface area contributed by atoms with Crippen molar-refractivity contribution >= 4 is 5.91 Å². The topological polar surface area (TPSA) is 46.3 Å². The third kappa shape index (κ3) is 1.92. The molecule has 1 atom stereocenters. The zero-order valence-corrected chi connectivity index (χ0v) is 9.92. The van der Waals surface area contributed by atoms with E-state index < -0.39 is 0 Å². The summed E-state index contributed by atoms with van der Waals surface area (Å²) in [5.74, 6) is 0.0994. The Balaban J connectivity index is 2.57. The molecule has 3 heteroatoms. The standard InChI is InChI=1S/C11H22N2O/c1-10(2,3)11(4,5)7-13-6-8(12)9(13)14/h8H,6-7,12H2,1-5H3. The predicted octanol–water partition coefficient (Wildman–Crippen LogP) is 1.23. The van der Waals surface area contributed by atoms with Gasteiger partial charge in [-0.2, -0.15) is 0 Å². The number of likely N-dealkylation sites (tertiary alicyclic amines) is 1. The molecule has 0 radical (unpaired) electrons. The molecule has 2 N–H and O–H groups in total. The van der Waals surface area contributed by atoms with E-state index in [0.29, 0.717) is 0 Å². The van der Waals surface area contributed by atoms with Crippen LogP contribution in [0.25, 0.3) is 0 Å². The highest BCUT2D eigenvalue weighted by atomic mass is 16.2. The summed E-state index contributed by atoms with van der Waals surface area (Å²) < 4.78 is 0. The smallest absolute Gasteiger partial charge is 0.241 e. The first-order valence-electron chi connectivity index (χ1n) is 5.19. The van der Waals surface area contributed by atoms with Gasteiger partial charge in [0.05, 0.1) is 0 Å². The van der Waals surface area contributed by atoms with Gasteiger partial charge in [0.25, 0.3) is 0 Å². The summed E-state index contributed by atoms with van der Waals surface area (Å²) in [7, 11) is 0. The van der Waals surface area contributed by atoms with Crippen LogP contribution in [0.3, 0.4) is 0 Å². The van der Waals surface area contributed by atoms with E-state index in [9.17, 15) is 4.79 Å². The van der Waals surface area contributed by atoms with E-state index in [1.807, 2.05) is 4.90 Å². The van der Waals surface area contributed by atoms with E-state index in [2.05, 4.69) is 34.6 Å². The average molecular weight is 198 g/mol. The largest absolute Gasteiger partial charge is 0.339 e. The Hall–Kier alpha value is -0.570. The lowest BCUT2D eigenvalue weighted by atomic mass is 9.68. The Morgan fingerprint density at radius 1 is 1.36 bits per heavy atom. The number of amides is 1. The predicted molar refractivity (Wildman–Crippen MR) is 57.8 cm³/mol.